The van der Waals surface area contributed by atoms with Crippen molar-refractivity contribution >= 4 is 15.9 Å². The van der Waals surface area contributed by atoms with Crippen molar-refractivity contribution in [2.75, 3.05) is 20.2 Å². The first-order valence-electron chi connectivity index (χ1n) is 10.2. The Balaban J connectivity index is 1.58. The minimum absolute atomic E-state index is 0.0389. The third-order valence-electron chi connectivity index (χ3n) is 5.50. The lowest BCUT2D eigenvalue weighted by atomic mass is 9.86. The molecule has 0 bridgehead atoms. The number of nitrogens with zero attached hydrogens (tertiary/aromatic N) is 1. The highest BCUT2D eigenvalue weighted by Gasteiger charge is 2.30. The highest BCUT2D eigenvalue weighted by atomic mass is 32.2. The van der Waals surface area contributed by atoms with Crippen molar-refractivity contribution in [2.24, 2.45) is 0 Å². The first-order valence-corrected chi connectivity index (χ1v) is 11.6. The number of benzene rings is 2. The van der Waals surface area contributed by atoms with Crippen LogP contribution in [0.5, 0.6) is 5.75 Å². The number of rotatable bonds is 5. The van der Waals surface area contributed by atoms with E-state index in [1.165, 1.54) is 9.87 Å². The van der Waals surface area contributed by atoms with Crippen molar-refractivity contribution in [1.82, 2.24) is 9.62 Å². The summed E-state index contributed by atoms with van der Waals surface area (Å²) in [5.41, 5.74) is 1.84. The van der Waals surface area contributed by atoms with Crippen LogP contribution in [0.4, 0.5) is 0 Å². The molecule has 3 rings (SSSR count). The van der Waals surface area contributed by atoms with E-state index in [9.17, 15) is 13.2 Å². The third-order valence-corrected chi connectivity index (χ3v) is 7.41. The number of carbonyl (C=O) groups is 1. The van der Waals surface area contributed by atoms with E-state index in [1.54, 1.807) is 31.4 Å². The maximum Gasteiger partial charge on any atom is 0.251 e. The highest BCUT2D eigenvalue weighted by molar-refractivity contribution is 7.89. The van der Waals surface area contributed by atoms with Gasteiger partial charge in [0.25, 0.3) is 5.91 Å². The summed E-state index contributed by atoms with van der Waals surface area (Å²) >= 11 is 0. The lowest BCUT2D eigenvalue weighted by Gasteiger charge is -2.31. The molecule has 0 saturated carbocycles. The first kappa shape index (κ1) is 22.3. The van der Waals surface area contributed by atoms with Crippen LogP contribution in [0.3, 0.4) is 0 Å². The van der Waals surface area contributed by atoms with E-state index in [0.29, 0.717) is 37.2 Å². The van der Waals surface area contributed by atoms with E-state index >= 15 is 0 Å². The molecule has 1 N–H and O–H groups in total. The molecule has 1 aliphatic heterocycles. The molecule has 0 atom stereocenters. The van der Waals surface area contributed by atoms with Crippen LogP contribution >= 0.6 is 0 Å². The monoisotopic (exact) mass is 430 g/mol. The standard InChI is InChI=1S/C23H30N2O4S/c1-23(2,3)18-7-5-17(6-8-18)22(26)24-19-13-15-25(16-14-19)30(27,28)21-11-9-20(29-4)10-12-21/h5-12,19H,13-16H2,1-4H3,(H,24,26). The number of ether oxygens (including phenoxy) is 1. The number of hydrogen-bond donors (Lipinski definition) is 1. The van der Waals surface area contributed by atoms with E-state index in [0.717, 1.165) is 0 Å². The van der Waals surface area contributed by atoms with Crippen LogP contribution in [0.1, 0.15) is 49.5 Å². The fourth-order valence-corrected chi connectivity index (χ4v) is 5.00. The van der Waals surface area contributed by atoms with E-state index in [4.69, 9.17) is 4.74 Å². The van der Waals surface area contributed by atoms with Crippen LogP contribution in [-0.2, 0) is 15.4 Å². The van der Waals surface area contributed by atoms with Crippen molar-refractivity contribution in [3.8, 4) is 5.75 Å². The molecule has 1 amide bonds. The molecule has 2 aromatic rings. The predicted octanol–water partition coefficient (Wildman–Crippen LogP) is 3.58. The average Bonchev–Trinajstić information content (AvgIpc) is 2.73. The summed E-state index contributed by atoms with van der Waals surface area (Å²) in [5, 5.41) is 3.04. The average molecular weight is 431 g/mol. The van der Waals surface area contributed by atoms with Crippen molar-refractivity contribution in [1.29, 1.82) is 0 Å². The van der Waals surface area contributed by atoms with Gasteiger partial charge in [-0.2, -0.15) is 4.31 Å². The SMILES string of the molecule is COc1ccc(S(=O)(=O)N2CCC(NC(=O)c3ccc(C(C)(C)C)cc3)CC2)cc1. The van der Waals surface area contributed by atoms with Crippen LogP contribution < -0.4 is 10.1 Å². The predicted molar refractivity (Wildman–Crippen MR) is 117 cm³/mol. The van der Waals surface area contributed by atoms with Gasteiger partial charge < -0.3 is 10.1 Å². The molecule has 0 aliphatic carbocycles. The van der Waals surface area contributed by atoms with Crippen molar-refractivity contribution in [3.63, 3.8) is 0 Å². The number of carbonyl (C=O) groups excluding carboxylic acids is 1. The summed E-state index contributed by atoms with van der Waals surface area (Å²) in [4.78, 5) is 12.8. The van der Waals surface area contributed by atoms with E-state index in [-0.39, 0.29) is 22.3 Å². The number of piperidine rings is 1. The van der Waals surface area contributed by atoms with Gasteiger partial charge in [0.05, 0.1) is 12.0 Å². The van der Waals surface area contributed by atoms with Gasteiger partial charge in [0, 0.05) is 24.7 Å². The molecule has 6 nitrogen and oxygen atoms in total. The van der Waals surface area contributed by atoms with Gasteiger partial charge in [0.2, 0.25) is 10.0 Å². The third kappa shape index (κ3) is 5.02. The molecule has 30 heavy (non-hydrogen) atoms. The lowest BCUT2D eigenvalue weighted by molar-refractivity contribution is 0.0924. The molecule has 7 heteroatoms. The molecular weight excluding hydrogens is 400 g/mol. The first-order chi connectivity index (χ1) is 14.1. The van der Waals surface area contributed by atoms with Crippen molar-refractivity contribution in [2.45, 2.75) is 50.0 Å². The van der Waals surface area contributed by atoms with Gasteiger partial charge in [-0.05, 0) is 60.2 Å². The number of sulfonamides is 1. The number of hydrogen-bond acceptors (Lipinski definition) is 4. The second-order valence-electron chi connectivity index (χ2n) is 8.65. The lowest BCUT2D eigenvalue weighted by Crippen LogP contribution is -2.46. The van der Waals surface area contributed by atoms with E-state index < -0.39 is 10.0 Å². The summed E-state index contributed by atoms with van der Waals surface area (Å²) in [6.45, 7) is 7.16. The molecule has 0 spiro atoms. The Hall–Kier alpha value is -2.38. The Morgan fingerprint density at radius 1 is 1.00 bits per heavy atom. The zero-order valence-corrected chi connectivity index (χ0v) is 18.8. The van der Waals surface area contributed by atoms with E-state index in [1.807, 2.05) is 24.3 Å². The molecule has 1 heterocycles. The number of amides is 1. The van der Waals surface area contributed by atoms with Crippen LogP contribution in [-0.4, -0.2) is 44.9 Å². The molecule has 1 saturated heterocycles. The van der Waals surface area contributed by atoms with Crippen LogP contribution in [0.25, 0.3) is 0 Å². The zero-order valence-electron chi connectivity index (χ0n) is 18.0. The molecule has 1 aliphatic rings. The van der Waals surface area contributed by atoms with Gasteiger partial charge in [-0.25, -0.2) is 8.42 Å². The van der Waals surface area contributed by atoms with Crippen molar-refractivity contribution in [3.05, 3.63) is 59.7 Å². The minimum atomic E-state index is -3.54. The van der Waals surface area contributed by atoms with Gasteiger partial charge in [-0.3, -0.25) is 4.79 Å². The largest absolute Gasteiger partial charge is 0.497 e. The maximum absolute atomic E-state index is 12.8. The van der Waals surface area contributed by atoms with Crippen molar-refractivity contribution < 1.29 is 17.9 Å². The summed E-state index contributed by atoms with van der Waals surface area (Å²) < 4.78 is 32.3. The summed E-state index contributed by atoms with van der Waals surface area (Å²) in [6, 6.07) is 14.0. The Morgan fingerprint density at radius 3 is 2.07 bits per heavy atom. The number of nitrogens with one attached hydrogen (secondary N) is 1. The molecule has 0 aromatic heterocycles. The molecule has 2 aromatic carbocycles. The highest BCUT2D eigenvalue weighted by Crippen LogP contribution is 2.24. The minimum Gasteiger partial charge on any atom is -0.497 e. The Morgan fingerprint density at radius 2 is 1.57 bits per heavy atom. The summed E-state index contributed by atoms with van der Waals surface area (Å²) in [6.07, 6.45) is 1.17. The topological polar surface area (TPSA) is 75.7 Å². The Bertz CT molecular complexity index is 969. The molecule has 162 valence electrons. The second-order valence-corrected chi connectivity index (χ2v) is 10.6. The fraction of sp³-hybridized carbons (Fsp3) is 0.435. The van der Waals surface area contributed by atoms with E-state index in [2.05, 4.69) is 26.1 Å². The molecule has 0 radical (unpaired) electrons. The van der Waals surface area contributed by atoms with Gasteiger partial charge in [0.15, 0.2) is 0 Å². The maximum atomic E-state index is 12.8. The van der Waals surface area contributed by atoms with Crippen LogP contribution in [0, 0.1) is 0 Å². The van der Waals surface area contributed by atoms with Gasteiger partial charge in [-0.1, -0.05) is 32.9 Å². The Kier molecular flexibility index (Phi) is 6.53. The van der Waals surface area contributed by atoms with Gasteiger partial charge in [0.1, 0.15) is 5.75 Å². The van der Waals surface area contributed by atoms with Crippen LogP contribution in [0.2, 0.25) is 0 Å². The normalized spacial score (nSPS) is 16.3. The molecule has 0 unspecified atom stereocenters. The summed E-state index contributed by atoms with van der Waals surface area (Å²) in [5.74, 6) is 0.498. The quantitative estimate of drug-likeness (QED) is 0.787. The second kappa shape index (κ2) is 8.78. The van der Waals surface area contributed by atoms with Gasteiger partial charge >= 0.3 is 0 Å². The Labute approximate surface area is 179 Å². The van der Waals surface area contributed by atoms with Crippen LogP contribution in [0.15, 0.2) is 53.4 Å². The smallest absolute Gasteiger partial charge is 0.251 e. The summed E-state index contributed by atoms with van der Waals surface area (Å²) in [7, 11) is -2.00. The zero-order chi connectivity index (χ0) is 21.9. The number of methoxy groups -OCH3 is 1. The van der Waals surface area contributed by atoms with Gasteiger partial charge in [-0.15, -0.1) is 0 Å². The molecular formula is C23H30N2O4S. The fourth-order valence-electron chi connectivity index (χ4n) is 3.53. The molecule has 1 fully saturated rings.